The van der Waals surface area contributed by atoms with Gasteiger partial charge in [0.05, 0.1) is 6.42 Å². The van der Waals surface area contributed by atoms with Crippen molar-refractivity contribution in [2.75, 3.05) is 0 Å². The van der Waals surface area contributed by atoms with Crippen LogP contribution in [0.5, 0.6) is 0 Å². The first kappa shape index (κ1) is 15.5. The summed E-state index contributed by atoms with van der Waals surface area (Å²) in [7, 11) is 0. The molecule has 0 amide bonds. The molecular formula is C15H21F3O2. The van der Waals surface area contributed by atoms with Gasteiger partial charge in [-0.25, -0.2) is 0 Å². The van der Waals surface area contributed by atoms with E-state index in [1.54, 1.807) is 0 Å². The van der Waals surface area contributed by atoms with Crippen LogP contribution in [0, 0.1) is 11.3 Å². The molecule has 0 aromatic carbocycles. The van der Waals surface area contributed by atoms with E-state index in [2.05, 4.69) is 0 Å². The SMILES string of the molecule is O=C(CC(=O)C1(C2CCCC2)CCCCC1)C(F)(F)F. The fraction of sp³-hybridized carbons (Fsp3) is 0.867. The Morgan fingerprint density at radius 3 is 2.00 bits per heavy atom. The molecule has 0 N–H and O–H groups in total. The van der Waals surface area contributed by atoms with Crippen molar-refractivity contribution in [2.24, 2.45) is 11.3 Å². The predicted octanol–water partition coefficient (Wildman–Crippen LogP) is 4.22. The molecule has 2 nitrogen and oxygen atoms in total. The van der Waals surface area contributed by atoms with Gasteiger partial charge in [0.2, 0.25) is 5.78 Å². The maximum atomic E-state index is 12.4. The number of halogens is 3. The number of hydrogen-bond acceptors (Lipinski definition) is 2. The van der Waals surface area contributed by atoms with Gasteiger partial charge >= 0.3 is 6.18 Å². The summed E-state index contributed by atoms with van der Waals surface area (Å²) >= 11 is 0. The second-order valence-electron chi connectivity index (χ2n) is 6.22. The molecule has 114 valence electrons. The maximum absolute atomic E-state index is 12.4. The van der Waals surface area contributed by atoms with E-state index in [1.807, 2.05) is 0 Å². The third-order valence-electron chi connectivity index (χ3n) is 5.08. The summed E-state index contributed by atoms with van der Waals surface area (Å²) in [5, 5.41) is 0. The maximum Gasteiger partial charge on any atom is 0.450 e. The van der Waals surface area contributed by atoms with Crippen LogP contribution >= 0.6 is 0 Å². The summed E-state index contributed by atoms with van der Waals surface area (Å²) in [5.41, 5.74) is -0.643. The zero-order valence-electron chi connectivity index (χ0n) is 11.6. The molecule has 2 saturated carbocycles. The number of hydrogen-bond donors (Lipinski definition) is 0. The van der Waals surface area contributed by atoms with Crippen LogP contribution < -0.4 is 0 Å². The van der Waals surface area contributed by atoms with Crippen LogP contribution in [0.3, 0.4) is 0 Å². The summed E-state index contributed by atoms with van der Waals surface area (Å²) in [5.74, 6) is -2.15. The Balaban J connectivity index is 2.14. The lowest BCUT2D eigenvalue weighted by atomic mass is 9.62. The van der Waals surface area contributed by atoms with Crippen LogP contribution in [0.1, 0.15) is 64.2 Å². The number of ketones is 2. The molecule has 0 saturated heterocycles. The minimum absolute atomic E-state index is 0.191. The molecule has 2 aliphatic carbocycles. The molecule has 0 aromatic rings. The quantitative estimate of drug-likeness (QED) is 0.726. The third kappa shape index (κ3) is 3.07. The Labute approximate surface area is 117 Å². The summed E-state index contributed by atoms with van der Waals surface area (Å²) in [4.78, 5) is 23.6. The molecule has 0 aromatic heterocycles. The average Bonchev–Trinajstić information content (AvgIpc) is 2.92. The zero-order valence-corrected chi connectivity index (χ0v) is 11.6. The topological polar surface area (TPSA) is 34.1 Å². The van der Waals surface area contributed by atoms with Crippen LogP contribution in [-0.4, -0.2) is 17.7 Å². The Morgan fingerprint density at radius 2 is 1.50 bits per heavy atom. The summed E-state index contributed by atoms with van der Waals surface area (Å²) in [6, 6.07) is 0. The fourth-order valence-electron chi connectivity index (χ4n) is 4.00. The molecule has 0 heterocycles. The van der Waals surface area contributed by atoms with E-state index in [9.17, 15) is 22.8 Å². The molecule has 0 bridgehead atoms. The van der Waals surface area contributed by atoms with Crippen molar-refractivity contribution >= 4 is 11.6 Å². The van der Waals surface area contributed by atoms with E-state index in [0.717, 1.165) is 44.9 Å². The molecule has 0 aliphatic heterocycles. The molecule has 20 heavy (non-hydrogen) atoms. The van der Waals surface area contributed by atoms with Crippen molar-refractivity contribution < 1.29 is 22.8 Å². The van der Waals surface area contributed by atoms with E-state index < -0.39 is 29.6 Å². The first-order valence-corrected chi connectivity index (χ1v) is 7.49. The standard InChI is InChI=1S/C15H21F3O2/c16-15(17,18)13(20)10-12(19)14(8-4-1-5-9-14)11-6-2-3-7-11/h11H,1-10H2. The van der Waals surface area contributed by atoms with Gasteiger partial charge in [0, 0.05) is 5.41 Å². The van der Waals surface area contributed by atoms with Crippen molar-refractivity contribution in [2.45, 2.75) is 70.4 Å². The summed E-state index contributed by atoms with van der Waals surface area (Å²) in [6.45, 7) is 0. The van der Waals surface area contributed by atoms with Gasteiger partial charge in [-0.15, -0.1) is 0 Å². The molecule has 2 aliphatic rings. The highest BCUT2D eigenvalue weighted by Gasteiger charge is 2.49. The van der Waals surface area contributed by atoms with Crippen molar-refractivity contribution in [3.05, 3.63) is 0 Å². The monoisotopic (exact) mass is 290 g/mol. The van der Waals surface area contributed by atoms with Gasteiger partial charge in [0.15, 0.2) is 0 Å². The highest BCUT2D eigenvalue weighted by molar-refractivity contribution is 6.04. The van der Waals surface area contributed by atoms with Crippen molar-refractivity contribution in [3.8, 4) is 0 Å². The minimum atomic E-state index is -4.89. The molecule has 5 heteroatoms. The summed E-state index contributed by atoms with van der Waals surface area (Å²) < 4.78 is 37.1. The molecule has 2 rings (SSSR count). The number of carbonyl (C=O) groups excluding carboxylic acids is 2. The lowest BCUT2D eigenvalue weighted by molar-refractivity contribution is -0.173. The van der Waals surface area contributed by atoms with E-state index in [0.29, 0.717) is 12.8 Å². The Hall–Kier alpha value is -0.870. The van der Waals surface area contributed by atoms with E-state index in [-0.39, 0.29) is 5.92 Å². The van der Waals surface area contributed by atoms with Gasteiger partial charge in [-0.3, -0.25) is 9.59 Å². The van der Waals surface area contributed by atoms with E-state index in [1.165, 1.54) is 0 Å². The normalized spacial score (nSPS) is 23.8. The second kappa shape index (κ2) is 5.86. The molecule has 2 fully saturated rings. The second-order valence-corrected chi connectivity index (χ2v) is 6.22. The van der Waals surface area contributed by atoms with Crippen LogP contribution in [0.4, 0.5) is 13.2 Å². The van der Waals surface area contributed by atoms with Gasteiger partial charge in [-0.05, 0) is 31.6 Å². The number of carbonyl (C=O) groups is 2. The molecular weight excluding hydrogens is 269 g/mol. The van der Waals surface area contributed by atoms with Crippen LogP contribution in [0.15, 0.2) is 0 Å². The average molecular weight is 290 g/mol. The third-order valence-corrected chi connectivity index (χ3v) is 5.08. The first-order valence-electron chi connectivity index (χ1n) is 7.49. The zero-order chi connectivity index (χ0) is 14.8. The van der Waals surface area contributed by atoms with E-state index in [4.69, 9.17) is 0 Å². The van der Waals surface area contributed by atoms with Crippen LogP contribution in [0.2, 0.25) is 0 Å². The lowest BCUT2D eigenvalue weighted by Gasteiger charge is -2.41. The Bertz CT molecular complexity index is 375. The molecule has 0 spiro atoms. The number of alkyl halides is 3. The minimum Gasteiger partial charge on any atom is -0.299 e. The van der Waals surface area contributed by atoms with E-state index >= 15 is 0 Å². The first-order chi connectivity index (χ1) is 9.36. The Morgan fingerprint density at radius 1 is 0.950 bits per heavy atom. The fourth-order valence-corrected chi connectivity index (χ4v) is 4.00. The predicted molar refractivity (Wildman–Crippen MR) is 68.2 cm³/mol. The van der Waals surface area contributed by atoms with Gasteiger partial charge < -0.3 is 0 Å². The lowest BCUT2D eigenvalue weighted by Crippen LogP contribution is -2.42. The Kier molecular flexibility index (Phi) is 4.55. The summed E-state index contributed by atoms with van der Waals surface area (Å²) in [6.07, 6.45) is 2.25. The van der Waals surface area contributed by atoms with Gasteiger partial charge in [0.1, 0.15) is 5.78 Å². The number of Topliss-reactive ketones (excluding diaryl/α,β-unsaturated/α-hetero) is 2. The smallest absolute Gasteiger partial charge is 0.299 e. The molecule has 0 atom stereocenters. The van der Waals surface area contributed by atoms with Crippen LogP contribution in [-0.2, 0) is 9.59 Å². The van der Waals surface area contributed by atoms with Crippen molar-refractivity contribution in [1.29, 1.82) is 0 Å². The van der Waals surface area contributed by atoms with Crippen molar-refractivity contribution in [1.82, 2.24) is 0 Å². The van der Waals surface area contributed by atoms with Crippen LogP contribution in [0.25, 0.3) is 0 Å². The molecule has 0 unspecified atom stereocenters. The molecule has 0 radical (unpaired) electrons. The van der Waals surface area contributed by atoms with Gasteiger partial charge in [-0.1, -0.05) is 32.1 Å². The number of rotatable bonds is 4. The van der Waals surface area contributed by atoms with Gasteiger partial charge in [0.25, 0.3) is 0 Å². The largest absolute Gasteiger partial charge is 0.450 e. The highest BCUT2D eigenvalue weighted by Crippen LogP contribution is 2.50. The van der Waals surface area contributed by atoms with Crippen molar-refractivity contribution in [3.63, 3.8) is 0 Å². The van der Waals surface area contributed by atoms with Gasteiger partial charge in [-0.2, -0.15) is 13.2 Å². The highest BCUT2D eigenvalue weighted by atomic mass is 19.4.